The number of aromatic nitrogens is 1. The Morgan fingerprint density at radius 1 is 1.32 bits per heavy atom. The zero-order valence-corrected chi connectivity index (χ0v) is 11.4. The minimum absolute atomic E-state index is 0.256. The van der Waals surface area contributed by atoms with E-state index in [-0.39, 0.29) is 11.1 Å². The van der Waals surface area contributed by atoms with Crippen molar-refractivity contribution in [3.8, 4) is 5.75 Å². The summed E-state index contributed by atoms with van der Waals surface area (Å²) in [6, 6.07) is 8.68. The molecule has 1 aromatic carbocycles. The maximum Gasteiger partial charge on any atom is 0.255 e. The first kappa shape index (κ1) is 13.4. The fourth-order valence-corrected chi connectivity index (χ4v) is 1.83. The lowest BCUT2D eigenvalue weighted by molar-refractivity contribution is 0.102. The van der Waals surface area contributed by atoms with Gasteiger partial charge in [0.2, 0.25) is 0 Å². The number of nitrogens with one attached hydrogen (secondary N) is 1. The van der Waals surface area contributed by atoms with Crippen LogP contribution in [-0.4, -0.2) is 18.0 Å². The molecule has 0 aliphatic rings. The van der Waals surface area contributed by atoms with Crippen LogP contribution in [0.15, 0.2) is 36.5 Å². The van der Waals surface area contributed by atoms with Gasteiger partial charge in [0.05, 0.1) is 12.8 Å². The first-order chi connectivity index (χ1) is 9.10. The molecule has 0 radical (unpaired) electrons. The molecule has 2 aromatic rings. The van der Waals surface area contributed by atoms with Gasteiger partial charge in [0, 0.05) is 11.8 Å². The van der Waals surface area contributed by atoms with E-state index in [1.165, 1.54) is 12.3 Å². The van der Waals surface area contributed by atoms with Gasteiger partial charge >= 0.3 is 0 Å². The monoisotopic (exact) mass is 276 g/mol. The highest BCUT2D eigenvalue weighted by atomic mass is 35.5. The quantitative estimate of drug-likeness (QED) is 0.875. The highest BCUT2D eigenvalue weighted by Crippen LogP contribution is 2.25. The summed E-state index contributed by atoms with van der Waals surface area (Å²) < 4.78 is 5.21. The normalized spacial score (nSPS) is 10.1. The van der Waals surface area contributed by atoms with Gasteiger partial charge in [-0.2, -0.15) is 0 Å². The van der Waals surface area contributed by atoms with Gasteiger partial charge in [0.1, 0.15) is 10.9 Å². The number of nitrogens with zero attached hydrogens (tertiary/aromatic N) is 1. The fraction of sp³-hybridized carbons (Fsp3) is 0.143. The summed E-state index contributed by atoms with van der Waals surface area (Å²) >= 11 is 5.76. The number of ether oxygens (including phenoxy) is 1. The van der Waals surface area contributed by atoms with Crippen LogP contribution in [0.25, 0.3) is 0 Å². The van der Waals surface area contributed by atoms with E-state index in [4.69, 9.17) is 16.3 Å². The molecule has 0 spiro atoms. The van der Waals surface area contributed by atoms with E-state index in [1.54, 1.807) is 13.2 Å². The number of hydrogen-bond acceptors (Lipinski definition) is 3. The van der Waals surface area contributed by atoms with E-state index in [2.05, 4.69) is 10.3 Å². The lowest BCUT2D eigenvalue weighted by Crippen LogP contribution is -2.12. The van der Waals surface area contributed by atoms with E-state index in [9.17, 15) is 4.79 Å². The molecular weight excluding hydrogens is 264 g/mol. The number of halogens is 1. The van der Waals surface area contributed by atoms with Gasteiger partial charge in [-0.05, 0) is 36.8 Å². The van der Waals surface area contributed by atoms with Crippen molar-refractivity contribution in [2.75, 3.05) is 12.4 Å². The third kappa shape index (κ3) is 3.23. The summed E-state index contributed by atoms with van der Waals surface area (Å²) in [6.07, 6.45) is 1.49. The van der Waals surface area contributed by atoms with Crippen LogP contribution in [0.3, 0.4) is 0 Å². The number of rotatable bonds is 3. The van der Waals surface area contributed by atoms with Crippen molar-refractivity contribution in [2.24, 2.45) is 0 Å². The van der Waals surface area contributed by atoms with Crippen molar-refractivity contribution < 1.29 is 9.53 Å². The number of carbonyl (C=O) groups is 1. The summed E-state index contributed by atoms with van der Waals surface area (Å²) in [5.41, 5.74) is 2.10. The molecule has 1 heterocycles. The Kier molecular flexibility index (Phi) is 4.02. The zero-order chi connectivity index (χ0) is 13.8. The van der Waals surface area contributed by atoms with Crippen molar-refractivity contribution >= 4 is 23.2 Å². The topological polar surface area (TPSA) is 51.2 Å². The van der Waals surface area contributed by atoms with Crippen molar-refractivity contribution in [3.05, 3.63) is 52.8 Å². The number of benzene rings is 1. The average molecular weight is 277 g/mol. The van der Waals surface area contributed by atoms with Gasteiger partial charge in [-0.3, -0.25) is 4.79 Å². The maximum absolute atomic E-state index is 12.1. The van der Waals surface area contributed by atoms with E-state index in [0.717, 1.165) is 5.56 Å². The first-order valence-corrected chi connectivity index (χ1v) is 6.05. The second-order valence-corrected chi connectivity index (χ2v) is 4.41. The fourth-order valence-electron chi connectivity index (χ4n) is 1.66. The Morgan fingerprint density at radius 2 is 2.11 bits per heavy atom. The standard InChI is InChI=1S/C14H13ClN2O2/c1-9-3-4-12(19-2)11(7-9)17-14(18)10-5-6-16-13(15)8-10/h3-8H,1-2H3,(H,17,18). The minimum atomic E-state index is -0.256. The average Bonchev–Trinajstić information content (AvgIpc) is 2.39. The van der Waals surface area contributed by atoms with Crippen LogP contribution in [0.5, 0.6) is 5.75 Å². The van der Waals surface area contributed by atoms with Gasteiger partial charge in [-0.25, -0.2) is 4.98 Å². The van der Waals surface area contributed by atoms with Gasteiger partial charge in [-0.1, -0.05) is 17.7 Å². The summed E-state index contributed by atoms with van der Waals surface area (Å²) in [5.74, 6) is 0.354. The molecule has 0 fully saturated rings. The number of carbonyl (C=O) groups excluding carboxylic acids is 1. The predicted molar refractivity (Wildman–Crippen MR) is 74.9 cm³/mol. The molecule has 98 valence electrons. The van der Waals surface area contributed by atoms with Gasteiger partial charge in [0.25, 0.3) is 5.91 Å². The van der Waals surface area contributed by atoms with Crippen molar-refractivity contribution in [1.82, 2.24) is 4.98 Å². The molecular formula is C14H13ClN2O2. The van der Waals surface area contributed by atoms with Crippen LogP contribution < -0.4 is 10.1 Å². The zero-order valence-electron chi connectivity index (χ0n) is 10.6. The molecule has 0 unspecified atom stereocenters. The summed E-state index contributed by atoms with van der Waals surface area (Å²) in [5, 5.41) is 3.08. The first-order valence-electron chi connectivity index (χ1n) is 5.67. The van der Waals surface area contributed by atoms with E-state index < -0.39 is 0 Å². The van der Waals surface area contributed by atoms with Crippen LogP contribution in [-0.2, 0) is 0 Å². The maximum atomic E-state index is 12.1. The SMILES string of the molecule is COc1ccc(C)cc1NC(=O)c1ccnc(Cl)c1. The summed E-state index contributed by atoms with van der Waals surface area (Å²) in [7, 11) is 1.56. The van der Waals surface area contributed by atoms with Crippen LogP contribution >= 0.6 is 11.6 Å². The van der Waals surface area contributed by atoms with Crippen LogP contribution in [0.4, 0.5) is 5.69 Å². The molecule has 4 nitrogen and oxygen atoms in total. The third-order valence-electron chi connectivity index (χ3n) is 2.59. The number of aryl methyl sites for hydroxylation is 1. The molecule has 1 amide bonds. The molecule has 19 heavy (non-hydrogen) atoms. The molecule has 0 saturated heterocycles. The Balaban J connectivity index is 2.26. The number of methoxy groups -OCH3 is 1. The number of pyridine rings is 1. The van der Waals surface area contributed by atoms with Crippen molar-refractivity contribution in [1.29, 1.82) is 0 Å². The highest BCUT2D eigenvalue weighted by molar-refractivity contribution is 6.29. The summed E-state index contributed by atoms with van der Waals surface area (Å²) in [6.45, 7) is 1.94. The Labute approximate surface area is 116 Å². The van der Waals surface area contributed by atoms with Gasteiger partial charge in [-0.15, -0.1) is 0 Å². The lowest BCUT2D eigenvalue weighted by Gasteiger charge is -2.11. The second-order valence-electron chi connectivity index (χ2n) is 4.03. The molecule has 1 aromatic heterocycles. The van der Waals surface area contributed by atoms with E-state index in [0.29, 0.717) is 17.0 Å². The smallest absolute Gasteiger partial charge is 0.255 e. The van der Waals surface area contributed by atoms with E-state index >= 15 is 0 Å². The number of anilines is 1. The molecule has 0 saturated carbocycles. The second kappa shape index (κ2) is 5.71. The third-order valence-corrected chi connectivity index (χ3v) is 2.80. The Hall–Kier alpha value is -2.07. The van der Waals surface area contributed by atoms with Crippen molar-refractivity contribution in [2.45, 2.75) is 6.92 Å². The highest BCUT2D eigenvalue weighted by Gasteiger charge is 2.10. The van der Waals surface area contributed by atoms with Crippen LogP contribution in [0, 0.1) is 6.92 Å². The molecule has 0 atom stereocenters. The van der Waals surface area contributed by atoms with Gasteiger partial charge < -0.3 is 10.1 Å². The van der Waals surface area contributed by atoms with Crippen LogP contribution in [0.2, 0.25) is 5.15 Å². The van der Waals surface area contributed by atoms with Crippen LogP contribution in [0.1, 0.15) is 15.9 Å². The molecule has 1 N–H and O–H groups in total. The largest absolute Gasteiger partial charge is 0.495 e. The summed E-state index contributed by atoms with van der Waals surface area (Å²) in [4.78, 5) is 15.9. The minimum Gasteiger partial charge on any atom is -0.495 e. The Bertz CT molecular complexity index is 614. The molecule has 0 bridgehead atoms. The van der Waals surface area contributed by atoms with Gasteiger partial charge in [0.15, 0.2) is 0 Å². The Morgan fingerprint density at radius 3 is 2.79 bits per heavy atom. The lowest BCUT2D eigenvalue weighted by atomic mass is 10.2. The van der Waals surface area contributed by atoms with Crippen molar-refractivity contribution in [3.63, 3.8) is 0 Å². The predicted octanol–water partition coefficient (Wildman–Crippen LogP) is 3.30. The molecule has 0 aliphatic carbocycles. The molecule has 5 heteroatoms. The number of amides is 1. The molecule has 0 aliphatic heterocycles. The number of hydrogen-bond donors (Lipinski definition) is 1. The molecule has 2 rings (SSSR count). The van der Waals surface area contributed by atoms with E-state index in [1.807, 2.05) is 25.1 Å².